The van der Waals surface area contributed by atoms with Gasteiger partial charge in [-0.05, 0) is 13.3 Å². The van der Waals surface area contributed by atoms with Crippen LogP contribution in [0.5, 0.6) is 0 Å². The van der Waals surface area contributed by atoms with Crippen molar-refractivity contribution in [3.05, 3.63) is 11.1 Å². The van der Waals surface area contributed by atoms with Crippen LogP contribution in [0.3, 0.4) is 0 Å². The van der Waals surface area contributed by atoms with Crippen molar-refractivity contribution in [3.8, 4) is 0 Å². The van der Waals surface area contributed by atoms with Crippen LogP contribution in [0.2, 0.25) is 0 Å². The summed E-state index contributed by atoms with van der Waals surface area (Å²) in [4.78, 5) is 16.9. The van der Waals surface area contributed by atoms with Gasteiger partial charge in [-0.2, -0.15) is 0 Å². The molecule has 0 aliphatic heterocycles. The topological polar surface area (TPSA) is 53.4 Å². The van der Waals surface area contributed by atoms with Crippen LogP contribution in [0, 0.1) is 0 Å². The number of carbonyl (C=O) groups is 1. The van der Waals surface area contributed by atoms with E-state index in [4.69, 9.17) is 5.11 Å². The van der Waals surface area contributed by atoms with Gasteiger partial charge in [0.25, 0.3) is 0 Å². The first-order valence-electron chi connectivity index (χ1n) is 5.12. The summed E-state index contributed by atoms with van der Waals surface area (Å²) < 4.78 is 0. The molecule has 0 spiro atoms. The summed E-state index contributed by atoms with van der Waals surface area (Å²) >= 11 is 1.39. The summed E-state index contributed by atoms with van der Waals surface area (Å²) in [5, 5.41) is 11.2. The van der Waals surface area contributed by atoms with E-state index in [2.05, 4.69) is 23.7 Å². The fourth-order valence-corrected chi connectivity index (χ4v) is 2.14. The lowest BCUT2D eigenvalue weighted by atomic mass is 10.3. The molecule has 0 saturated heterocycles. The summed E-state index contributed by atoms with van der Waals surface area (Å²) in [5.74, 6) is -0.955. The van der Waals surface area contributed by atoms with E-state index >= 15 is 0 Å². The van der Waals surface area contributed by atoms with Crippen LogP contribution < -0.4 is 4.90 Å². The third-order valence-corrected chi connectivity index (χ3v) is 3.05. The number of rotatable bonds is 6. The Balaban J connectivity index is 2.69. The largest absolute Gasteiger partial charge is 0.476 e. The Morgan fingerprint density at radius 1 is 1.60 bits per heavy atom. The number of thiazole rings is 1. The molecule has 0 amide bonds. The molecule has 0 bridgehead atoms. The predicted molar refractivity (Wildman–Crippen MR) is 61.9 cm³/mol. The lowest BCUT2D eigenvalue weighted by Gasteiger charge is -2.18. The number of carboxylic acids is 1. The van der Waals surface area contributed by atoms with Crippen LogP contribution in [0.15, 0.2) is 5.38 Å². The average molecular weight is 228 g/mol. The molecule has 1 aromatic heterocycles. The van der Waals surface area contributed by atoms with Crippen molar-refractivity contribution >= 4 is 22.4 Å². The van der Waals surface area contributed by atoms with Crippen molar-refractivity contribution in [1.82, 2.24) is 4.98 Å². The Hall–Kier alpha value is -1.10. The summed E-state index contributed by atoms with van der Waals surface area (Å²) in [6.07, 6.45) is 2.24. The number of aromatic carboxylic acids is 1. The SMILES string of the molecule is CCCCN(CC)c1nc(C(=O)O)cs1. The molecule has 5 heteroatoms. The molecule has 1 N–H and O–H groups in total. The van der Waals surface area contributed by atoms with Crippen LogP contribution in [-0.4, -0.2) is 29.1 Å². The zero-order valence-electron chi connectivity index (χ0n) is 9.06. The van der Waals surface area contributed by atoms with E-state index in [0.29, 0.717) is 0 Å². The van der Waals surface area contributed by atoms with Gasteiger partial charge in [-0.3, -0.25) is 0 Å². The van der Waals surface area contributed by atoms with Crippen molar-refractivity contribution in [2.24, 2.45) is 0 Å². The molecule has 1 aromatic rings. The second-order valence-electron chi connectivity index (χ2n) is 3.25. The highest BCUT2D eigenvalue weighted by Gasteiger charge is 2.12. The van der Waals surface area contributed by atoms with Gasteiger partial charge in [0.15, 0.2) is 10.8 Å². The molecule has 0 fully saturated rings. The van der Waals surface area contributed by atoms with E-state index in [1.807, 2.05) is 0 Å². The lowest BCUT2D eigenvalue weighted by Crippen LogP contribution is -2.23. The Morgan fingerprint density at radius 2 is 2.33 bits per heavy atom. The second-order valence-corrected chi connectivity index (χ2v) is 4.09. The van der Waals surface area contributed by atoms with Gasteiger partial charge in [0, 0.05) is 18.5 Å². The molecule has 0 atom stereocenters. The minimum atomic E-state index is -0.955. The first kappa shape index (κ1) is 12.0. The molecule has 84 valence electrons. The molecule has 0 radical (unpaired) electrons. The number of hydrogen-bond acceptors (Lipinski definition) is 4. The van der Waals surface area contributed by atoms with E-state index < -0.39 is 5.97 Å². The summed E-state index contributed by atoms with van der Waals surface area (Å²) in [6, 6.07) is 0. The highest BCUT2D eigenvalue weighted by molar-refractivity contribution is 7.13. The fraction of sp³-hybridized carbons (Fsp3) is 0.600. The maximum atomic E-state index is 10.7. The Bertz CT molecular complexity index is 325. The lowest BCUT2D eigenvalue weighted by molar-refractivity contribution is 0.0691. The van der Waals surface area contributed by atoms with Gasteiger partial charge in [0.1, 0.15) is 0 Å². The molecule has 0 unspecified atom stereocenters. The normalized spacial score (nSPS) is 10.3. The van der Waals surface area contributed by atoms with Crippen molar-refractivity contribution < 1.29 is 9.90 Å². The van der Waals surface area contributed by atoms with Crippen molar-refractivity contribution in [1.29, 1.82) is 0 Å². The zero-order chi connectivity index (χ0) is 11.3. The molecule has 0 aliphatic rings. The molecule has 0 saturated carbocycles. The number of unbranched alkanes of at least 4 members (excludes halogenated alkanes) is 1. The van der Waals surface area contributed by atoms with Crippen molar-refractivity contribution in [2.45, 2.75) is 26.7 Å². The summed E-state index contributed by atoms with van der Waals surface area (Å²) in [7, 11) is 0. The predicted octanol–water partition coefficient (Wildman–Crippen LogP) is 2.47. The molecular formula is C10H16N2O2S. The standard InChI is InChI=1S/C10H16N2O2S/c1-3-5-6-12(4-2)10-11-8(7-15-10)9(13)14/h7H,3-6H2,1-2H3,(H,13,14). The van der Waals surface area contributed by atoms with E-state index in [-0.39, 0.29) is 5.69 Å². The van der Waals surface area contributed by atoms with Gasteiger partial charge in [-0.25, -0.2) is 9.78 Å². The minimum Gasteiger partial charge on any atom is -0.476 e. The second kappa shape index (κ2) is 5.70. The van der Waals surface area contributed by atoms with Crippen molar-refractivity contribution in [3.63, 3.8) is 0 Å². The number of nitrogens with zero attached hydrogens (tertiary/aromatic N) is 2. The monoisotopic (exact) mass is 228 g/mol. The molecule has 4 nitrogen and oxygen atoms in total. The van der Waals surface area contributed by atoms with Gasteiger partial charge in [-0.15, -0.1) is 11.3 Å². The van der Waals surface area contributed by atoms with Gasteiger partial charge < -0.3 is 10.0 Å². The molecule has 1 rings (SSSR count). The Morgan fingerprint density at radius 3 is 2.80 bits per heavy atom. The van der Waals surface area contributed by atoms with Gasteiger partial charge in [0.2, 0.25) is 0 Å². The van der Waals surface area contributed by atoms with Gasteiger partial charge >= 0.3 is 5.97 Å². The quantitative estimate of drug-likeness (QED) is 0.812. The zero-order valence-corrected chi connectivity index (χ0v) is 9.88. The highest BCUT2D eigenvalue weighted by atomic mass is 32.1. The van der Waals surface area contributed by atoms with Gasteiger partial charge in [-0.1, -0.05) is 13.3 Å². The van der Waals surface area contributed by atoms with Crippen LogP contribution in [-0.2, 0) is 0 Å². The maximum Gasteiger partial charge on any atom is 0.355 e. The molecular weight excluding hydrogens is 212 g/mol. The number of aromatic nitrogens is 1. The summed E-state index contributed by atoms with van der Waals surface area (Å²) in [5.41, 5.74) is 0.143. The maximum absolute atomic E-state index is 10.7. The van der Waals surface area contributed by atoms with E-state index in [0.717, 1.165) is 31.1 Å². The highest BCUT2D eigenvalue weighted by Crippen LogP contribution is 2.20. The van der Waals surface area contributed by atoms with Crippen LogP contribution in [0.25, 0.3) is 0 Å². The molecule has 15 heavy (non-hydrogen) atoms. The minimum absolute atomic E-state index is 0.143. The first-order chi connectivity index (χ1) is 7.19. The van der Waals surface area contributed by atoms with E-state index in [9.17, 15) is 4.79 Å². The Kier molecular flexibility index (Phi) is 4.55. The number of anilines is 1. The molecule has 1 heterocycles. The van der Waals surface area contributed by atoms with Crippen LogP contribution in [0.1, 0.15) is 37.2 Å². The summed E-state index contributed by atoms with van der Waals surface area (Å²) in [6.45, 7) is 6.00. The van der Waals surface area contributed by atoms with E-state index in [1.165, 1.54) is 11.3 Å². The number of hydrogen-bond donors (Lipinski definition) is 1. The third kappa shape index (κ3) is 3.20. The van der Waals surface area contributed by atoms with Crippen LogP contribution in [0.4, 0.5) is 5.13 Å². The first-order valence-corrected chi connectivity index (χ1v) is 6.00. The van der Waals surface area contributed by atoms with Gasteiger partial charge in [0.05, 0.1) is 0 Å². The Labute approximate surface area is 93.6 Å². The van der Waals surface area contributed by atoms with E-state index in [1.54, 1.807) is 5.38 Å². The van der Waals surface area contributed by atoms with Crippen molar-refractivity contribution in [2.75, 3.05) is 18.0 Å². The molecule has 0 aliphatic carbocycles. The molecule has 0 aromatic carbocycles. The fourth-order valence-electron chi connectivity index (χ4n) is 1.25. The average Bonchev–Trinajstić information content (AvgIpc) is 2.68. The smallest absolute Gasteiger partial charge is 0.355 e. The third-order valence-electron chi connectivity index (χ3n) is 2.15. The number of carboxylic acid groups (broad SMARTS) is 1. The van der Waals surface area contributed by atoms with Crippen LogP contribution >= 0.6 is 11.3 Å².